The highest BCUT2D eigenvalue weighted by Gasteiger charge is 2.22. The van der Waals surface area contributed by atoms with Gasteiger partial charge >= 0.3 is 0 Å². The lowest BCUT2D eigenvalue weighted by atomic mass is 10.0. The third-order valence-corrected chi connectivity index (χ3v) is 4.21. The molecule has 0 spiro atoms. The van der Waals surface area contributed by atoms with Crippen LogP contribution in [0.1, 0.15) is 33.8 Å². The Morgan fingerprint density at radius 2 is 2.24 bits per heavy atom. The number of nitrogens with zero attached hydrogens (tertiary/aromatic N) is 2. The van der Waals surface area contributed by atoms with Gasteiger partial charge in [-0.3, -0.25) is 9.78 Å². The third-order valence-electron chi connectivity index (χ3n) is 3.04. The number of Topliss-reactive ketones (excluding diaryl/α,β-unsaturated/α-hetero) is 1. The number of thiazole rings is 1. The summed E-state index contributed by atoms with van der Waals surface area (Å²) < 4.78 is 0. The number of aryl methyl sites for hydroxylation is 2. The Morgan fingerprint density at radius 1 is 1.35 bits per heavy atom. The molecule has 2 heterocycles. The second kappa shape index (κ2) is 4.04. The molecule has 0 aliphatic heterocycles. The number of hydrogen-bond acceptors (Lipinski definition) is 4. The fraction of sp³-hybridized carbons (Fsp3) is 0.308. The zero-order valence-electron chi connectivity index (χ0n) is 9.56. The van der Waals surface area contributed by atoms with E-state index in [1.807, 2.05) is 19.2 Å². The zero-order valence-corrected chi connectivity index (χ0v) is 10.4. The summed E-state index contributed by atoms with van der Waals surface area (Å²) in [5.74, 6) is 0.247. The molecule has 4 heteroatoms. The molecule has 86 valence electrons. The average molecular weight is 244 g/mol. The third kappa shape index (κ3) is 1.78. The number of ketones is 1. The van der Waals surface area contributed by atoms with Crippen LogP contribution >= 0.6 is 11.3 Å². The van der Waals surface area contributed by atoms with E-state index < -0.39 is 0 Å². The molecule has 2 aromatic heterocycles. The maximum absolute atomic E-state index is 11.8. The van der Waals surface area contributed by atoms with E-state index >= 15 is 0 Å². The topological polar surface area (TPSA) is 42.9 Å². The molecule has 1 aliphatic carbocycles. The van der Waals surface area contributed by atoms with Gasteiger partial charge in [0.15, 0.2) is 5.78 Å². The lowest BCUT2D eigenvalue weighted by Crippen LogP contribution is -2.07. The Bertz CT molecular complexity index is 589. The maximum atomic E-state index is 11.8. The second-order valence-corrected chi connectivity index (χ2v) is 5.26. The predicted octanol–water partition coefficient (Wildman–Crippen LogP) is 3.03. The van der Waals surface area contributed by atoms with Crippen molar-refractivity contribution in [1.82, 2.24) is 9.97 Å². The van der Waals surface area contributed by atoms with Gasteiger partial charge in [-0.1, -0.05) is 0 Å². The molecule has 17 heavy (non-hydrogen) atoms. The molecular weight excluding hydrogens is 232 g/mol. The van der Waals surface area contributed by atoms with Gasteiger partial charge in [-0.2, -0.15) is 0 Å². The first kappa shape index (κ1) is 10.6. The molecule has 0 aromatic carbocycles. The summed E-state index contributed by atoms with van der Waals surface area (Å²) in [6.07, 6.45) is 6.13. The molecular formula is C13H12N2OS. The summed E-state index contributed by atoms with van der Waals surface area (Å²) in [7, 11) is 0. The second-order valence-electron chi connectivity index (χ2n) is 4.26. The lowest BCUT2D eigenvalue weighted by molar-refractivity contribution is 0.0976. The molecule has 0 atom stereocenters. The molecule has 0 bridgehead atoms. The van der Waals surface area contributed by atoms with Crippen LogP contribution in [0.2, 0.25) is 0 Å². The molecule has 0 saturated carbocycles. The summed E-state index contributed by atoms with van der Waals surface area (Å²) in [5, 5.41) is 0.927. The van der Waals surface area contributed by atoms with Crippen LogP contribution in [0.4, 0.5) is 0 Å². The Hall–Kier alpha value is -1.55. The molecule has 0 N–H and O–H groups in total. The molecule has 0 unspecified atom stereocenters. The fourth-order valence-corrected chi connectivity index (χ4v) is 3.23. The van der Waals surface area contributed by atoms with Crippen molar-refractivity contribution in [2.24, 2.45) is 0 Å². The number of pyridine rings is 1. The first-order chi connectivity index (χ1) is 8.25. The number of carbonyl (C=O) groups is 1. The highest BCUT2D eigenvalue weighted by molar-refractivity contribution is 7.17. The first-order valence-electron chi connectivity index (χ1n) is 5.69. The van der Waals surface area contributed by atoms with Crippen molar-refractivity contribution >= 4 is 17.1 Å². The zero-order chi connectivity index (χ0) is 11.8. The van der Waals surface area contributed by atoms with E-state index in [2.05, 4.69) is 9.97 Å². The van der Waals surface area contributed by atoms with E-state index in [4.69, 9.17) is 0 Å². The highest BCUT2D eigenvalue weighted by atomic mass is 32.1. The van der Waals surface area contributed by atoms with Crippen LogP contribution in [0.25, 0.3) is 10.6 Å². The highest BCUT2D eigenvalue weighted by Crippen LogP contribution is 2.33. The quantitative estimate of drug-likeness (QED) is 0.774. The fourth-order valence-electron chi connectivity index (χ4n) is 2.07. The van der Waals surface area contributed by atoms with Crippen LogP contribution in [0, 0.1) is 6.92 Å². The van der Waals surface area contributed by atoms with Crippen LogP contribution in [0.15, 0.2) is 18.5 Å². The predicted molar refractivity (Wildman–Crippen MR) is 67.4 cm³/mol. The minimum Gasteiger partial charge on any atom is -0.293 e. The van der Waals surface area contributed by atoms with Crippen molar-refractivity contribution in [2.45, 2.75) is 26.2 Å². The molecule has 0 fully saturated rings. The Labute approximate surface area is 104 Å². The average Bonchev–Trinajstić information content (AvgIpc) is 2.75. The number of carbonyl (C=O) groups excluding carboxylic acids is 1. The van der Waals surface area contributed by atoms with Crippen LogP contribution in [0.3, 0.4) is 0 Å². The van der Waals surface area contributed by atoms with Gasteiger partial charge in [-0.25, -0.2) is 4.98 Å². The number of aromatic nitrogens is 2. The number of rotatable bonds is 1. The molecule has 3 rings (SSSR count). The van der Waals surface area contributed by atoms with Crippen molar-refractivity contribution in [3.05, 3.63) is 34.6 Å². The Morgan fingerprint density at radius 3 is 3.00 bits per heavy atom. The van der Waals surface area contributed by atoms with Gasteiger partial charge in [-0.15, -0.1) is 11.3 Å². The molecule has 3 nitrogen and oxygen atoms in total. The van der Waals surface area contributed by atoms with Gasteiger partial charge in [0.05, 0.1) is 10.6 Å². The molecule has 0 saturated heterocycles. The lowest BCUT2D eigenvalue weighted by Gasteiger charge is -2.06. The smallest absolute Gasteiger partial charge is 0.174 e. The molecule has 0 radical (unpaired) electrons. The summed E-state index contributed by atoms with van der Waals surface area (Å²) in [4.78, 5) is 21.3. The van der Waals surface area contributed by atoms with E-state index in [1.165, 1.54) is 11.3 Å². The van der Waals surface area contributed by atoms with E-state index in [0.717, 1.165) is 39.5 Å². The Balaban J connectivity index is 2.11. The van der Waals surface area contributed by atoms with E-state index in [0.29, 0.717) is 6.42 Å². The SMILES string of the molecule is Cc1ccncc1-c1nc2c(s1)C(=O)CCC2. The standard InChI is InChI=1S/C13H12N2OS/c1-8-5-6-14-7-9(8)13-15-10-3-2-4-11(16)12(10)17-13/h5-7H,2-4H2,1H3. The van der Waals surface area contributed by atoms with Crippen molar-refractivity contribution in [3.8, 4) is 10.6 Å². The van der Waals surface area contributed by atoms with Gasteiger partial charge in [0.25, 0.3) is 0 Å². The summed E-state index contributed by atoms with van der Waals surface area (Å²) >= 11 is 1.51. The molecule has 2 aromatic rings. The van der Waals surface area contributed by atoms with E-state index in [-0.39, 0.29) is 5.78 Å². The van der Waals surface area contributed by atoms with Gasteiger partial charge < -0.3 is 0 Å². The maximum Gasteiger partial charge on any atom is 0.174 e. The summed E-state index contributed by atoms with van der Waals surface area (Å²) in [6.45, 7) is 2.04. The molecule has 1 aliphatic rings. The first-order valence-corrected chi connectivity index (χ1v) is 6.51. The number of hydrogen-bond donors (Lipinski definition) is 0. The van der Waals surface area contributed by atoms with Crippen molar-refractivity contribution in [1.29, 1.82) is 0 Å². The van der Waals surface area contributed by atoms with Crippen molar-refractivity contribution < 1.29 is 4.79 Å². The normalized spacial score (nSPS) is 14.8. The van der Waals surface area contributed by atoms with Gasteiger partial charge in [-0.05, 0) is 31.4 Å². The number of fused-ring (bicyclic) bond motifs is 1. The van der Waals surface area contributed by atoms with Crippen LogP contribution in [0.5, 0.6) is 0 Å². The molecule has 0 amide bonds. The Kier molecular flexibility index (Phi) is 2.52. The minimum atomic E-state index is 0.247. The van der Waals surface area contributed by atoms with Gasteiger partial charge in [0, 0.05) is 24.4 Å². The van der Waals surface area contributed by atoms with Crippen molar-refractivity contribution in [2.75, 3.05) is 0 Å². The largest absolute Gasteiger partial charge is 0.293 e. The van der Waals surface area contributed by atoms with Crippen LogP contribution < -0.4 is 0 Å². The van der Waals surface area contributed by atoms with Crippen molar-refractivity contribution in [3.63, 3.8) is 0 Å². The van der Waals surface area contributed by atoms with Gasteiger partial charge in [0.1, 0.15) is 5.01 Å². The summed E-state index contributed by atoms with van der Waals surface area (Å²) in [6, 6.07) is 1.97. The monoisotopic (exact) mass is 244 g/mol. The van der Waals surface area contributed by atoms with Gasteiger partial charge in [0.2, 0.25) is 0 Å². The van der Waals surface area contributed by atoms with E-state index in [1.54, 1.807) is 6.20 Å². The minimum absolute atomic E-state index is 0.247. The van der Waals surface area contributed by atoms with E-state index in [9.17, 15) is 4.79 Å². The summed E-state index contributed by atoms with van der Waals surface area (Å²) in [5.41, 5.74) is 3.17. The van der Waals surface area contributed by atoms with Crippen LogP contribution in [-0.4, -0.2) is 15.8 Å². The van der Waals surface area contributed by atoms with Crippen LogP contribution in [-0.2, 0) is 6.42 Å².